The number of hydrogen-bond acceptors (Lipinski definition) is 6. The lowest BCUT2D eigenvalue weighted by Gasteiger charge is -2.17. The number of benzene rings is 1. The summed E-state index contributed by atoms with van der Waals surface area (Å²) in [6, 6.07) is 3.01. The van der Waals surface area contributed by atoms with Crippen molar-refractivity contribution in [2.45, 2.75) is 33.2 Å². The Labute approximate surface area is 173 Å². The summed E-state index contributed by atoms with van der Waals surface area (Å²) in [5.74, 6) is -0.239. The second kappa shape index (κ2) is 11.6. The van der Waals surface area contributed by atoms with E-state index in [2.05, 4.69) is 41.8 Å². The Morgan fingerprint density at radius 3 is 2.39 bits per heavy atom. The maximum absolute atomic E-state index is 14.0. The number of aromatic nitrogens is 2. The molecule has 3 heterocycles. The molecular weight excluding hydrogens is 425 g/mol. The Morgan fingerprint density at radius 1 is 1.14 bits per heavy atom. The van der Waals surface area contributed by atoms with Crippen LogP contribution in [-0.2, 0) is 6.54 Å². The fraction of sp³-hybridized carbons (Fsp3) is 0.400. The molecule has 2 aromatic rings. The Kier molecular flexibility index (Phi) is 9.16. The zero-order chi connectivity index (χ0) is 20.4. The van der Waals surface area contributed by atoms with E-state index in [0.717, 1.165) is 0 Å². The largest absolute Gasteiger partial charge is 0.505 e. The normalized spacial score (nSPS) is 15.6. The first kappa shape index (κ1) is 22.1. The van der Waals surface area contributed by atoms with Crippen molar-refractivity contribution in [3.05, 3.63) is 58.0 Å². The average molecular weight is 452 g/mol. The minimum atomic E-state index is -0.359. The van der Waals surface area contributed by atoms with Gasteiger partial charge >= 0.3 is 0 Å². The number of nitrogens with one attached hydrogen (secondary N) is 3. The van der Waals surface area contributed by atoms with Gasteiger partial charge in [-0.15, -0.1) is 0 Å². The third-order valence-corrected chi connectivity index (χ3v) is 4.74. The van der Waals surface area contributed by atoms with Crippen LogP contribution in [0.2, 0.25) is 0 Å². The summed E-state index contributed by atoms with van der Waals surface area (Å²) in [7, 11) is 0. The number of rotatable bonds is 3. The summed E-state index contributed by atoms with van der Waals surface area (Å²) < 4.78 is 14.7. The first-order valence-corrected chi connectivity index (χ1v) is 10.3. The highest BCUT2D eigenvalue weighted by atomic mass is 79.9. The van der Waals surface area contributed by atoms with E-state index in [1.807, 2.05) is 13.8 Å². The monoisotopic (exact) mass is 451 g/mol. The number of aliphatic hydroxyl groups excluding tert-OH is 1. The van der Waals surface area contributed by atoms with Crippen LogP contribution in [0.25, 0.3) is 11.0 Å². The fourth-order valence-electron chi connectivity index (χ4n) is 2.66. The molecule has 0 unspecified atom stereocenters. The SMILES string of the molecule is C1CCNC1.CC.OC1=C(Br)CNC=C1NCc1cc2nccnc2cc1F. The van der Waals surface area contributed by atoms with Crippen LogP contribution in [0.3, 0.4) is 0 Å². The van der Waals surface area contributed by atoms with Crippen molar-refractivity contribution in [1.82, 2.24) is 25.9 Å². The van der Waals surface area contributed by atoms with Crippen LogP contribution >= 0.6 is 15.9 Å². The van der Waals surface area contributed by atoms with Gasteiger partial charge in [-0.3, -0.25) is 9.97 Å². The van der Waals surface area contributed by atoms with Gasteiger partial charge in [-0.05, 0) is 47.9 Å². The van der Waals surface area contributed by atoms with Crippen molar-refractivity contribution in [2.75, 3.05) is 19.6 Å². The summed E-state index contributed by atoms with van der Waals surface area (Å²) in [5.41, 5.74) is 2.11. The number of aliphatic hydroxyl groups is 1. The van der Waals surface area contributed by atoms with Gasteiger partial charge in [0.1, 0.15) is 5.82 Å². The van der Waals surface area contributed by atoms with Gasteiger partial charge in [-0.25, -0.2) is 4.39 Å². The number of hydrogen-bond donors (Lipinski definition) is 4. The second-order valence-corrected chi connectivity index (χ2v) is 6.95. The molecule has 0 amide bonds. The molecule has 28 heavy (non-hydrogen) atoms. The molecule has 0 spiro atoms. The molecule has 8 heteroatoms. The number of fused-ring (bicyclic) bond motifs is 1. The zero-order valence-electron chi connectivity index (χ0n) is 16.2. The molecule has 0 bridgehead atoms. The van der Waals surface area contributed by atoms with Gasteiger partial charge in [0.25, 0.3) is 0 Å². The summed E-state index contributed by atoms with van der Waals surface area (Å²) in [6.07, 6.45) is 7.52. The standard InChI is InChI=1S/C14H12BrFN4O.C4H9N.C2H6/c15-9-6-17-7-13(14(9)21)20-5-8-3-11-12(4-10(8)16)19-2-1-18-11;1-2-4-5-3-1;1-2/h1-4,7,17,20-21H,5-6H2;5H,1-4H2;1-2H3. The van der Waals surface area contributed by atoms with Crippen molar-refractivity contribution in [3.8, 4) is 0 Å². The van der Waals surface area contributed by atoms with E-state index >= 15 is 0 Å². The van der Waals surface area contributed by atoms with Gasteiger partial charge in [-0.1, -0.05) is 13.8 Å². The van der Waals surface area contributed by atoms with E-state index in [1.165, 1.54) is 38.2 Å². The van der Waals surface area contributed by atoms with Crippen LogP contribution < -0.4 is 16.0 Å². The number of dihydropyridines is 1. The zero-order valence-corrected chi connectivity index (χ0v) is 17.8. The van der Waals surface area contributed by atoms with Gasteiger partial charge in [0.05, 0.1) is 21.2 Å². The summed E-state index contributed by atoms with van der Waals surface area (Å²) >= 11 is 3.26. The highest BCUT2D eigenvalue weighted by Gasteiger charge is 2.14. The quantitative estimate of drug-likeness (QED) is 0.566. The Hall–Kier alpha value is -2.19. The van der Waals surface area contributed by atoms with Crippen molar-refractivity contribution in [3.63, 3.8) is 0 Å². The smallest absolute Gasteiger partial charge is 0.152 e. The summed E-state index contributed by atoms with van der Waals surface area (Å²) in [6.45, 7) is 7.26. The average Bonchev–Trinajstić information content (AvgIpc) is 3.31. The van der Waals surface area contributed by atoms with Crippen LogP contribution in [0, 0.1) is 5.82 Å². The molecule has 0 atom stereocenters. The molecule has 0 radical (unpaired) electrons. The van der Waals surface area contributed by atoms with E-state index in [-0.39, 0.29) is 18.1 Å². The van der Waals surface area contributed by atoms with Crippen LogP contribution in [0.5, 0.6) is 0 Å². The molecule has 6 nitrogen and oxygen atoms in total. The van der Waals surface area contributed by atoms with Gasteiger partial charge < -0.3 is 21.1 Å². The number of nitrogens with zero attached hydrogens (tertiary/aromatic N) is 2. The Balaban J connectivity index is 0.000000342. The van der Waals surface area contributed by atoms with E-state index in [0.29, 0.717) is 33.3 Å². The highest BCUT2D eigenvalue weighted by molar-refractivity contribution is 9.11. The first-order chi connectivity index (χ1) is 13.6. The predicted molar refractivity (Wildman–Crippen MR) is 114 cm³/mol. The van der Waals surface area contributed by atoms with E-state index < -0.39 is 0 Å². The lowest BCUT2D eigenvalue weighted by Crippen LogP contribution is -2.24. The molecule has 2 aliphatic rings. The predicted octanol–water partition coefficient (Wildman–Crippen LogP) is 3.86. The maximum Gasteiger partial charge on any atom is 0.152 e. The maximum atomic E-state index is 14.0. The van der Waals surface area contributed by atoms with Gasteiger partial charge in [0.15, 0.2) is 5.76 Å². The van der Waals surface area contributed by atoms with Crippen LogP contribution in [0.1, 0.15) is 32.3 Å². The lowest BCUT2D eigenvalue weighted by molar-refractivity contribution is 0.404. The molecule has 1 fully saturated rings. The molecule has 4 rings (SSSR count). The molecule has 1 aromatic heterocycles. The second-order valence-electron chi connectivity index (χ2n) is 5.99. The van der Waals surface area contributed by atoms with Crippen LogP contribution in [0.4, 0.5) is 4.39 Å². The van der Waals surface area contributed by atoms with Crippen LogP contribution in [-0.4, -0.2) is 34.7 Å². The first-order valence-electron chi connectivity index (χ1n) is 9.50. The number of halogens is 2. The topological polar surface area (TPSA) is 82.1 Å². The van der Waals surface area contributed by atoms with Gasteiger partial charge in [0.2, 0.25) is 0 Å². The highest BCUT2D eigenvalue weighted by Crippen LogP contribution is 2.20. The minimum Gasteiger partial charge on any atom is -0.505 e. The van der Waals surface area contributed by atoms with E-state index in [9.17, 15) is 9.50 Å². The Morgan fingerprint density at radius 2 is 1.79 bits per heavy atom. The van der Waals surface area contributed by atoms with Crippen LogP contribution in [0.15, 0.2) is 46.7 Å². The van der Waals surface area contributed by atoms with E-state index in [1.54, 1.807) is 18.5 Å². The van der Waals surface area contributed by atoms with Crippen molar-refractivity contribution < 1.29 is 9.50 Å². The lowest BCUT2D eigenvalue weighted by atomic mass is 10.1. The third kappa shape index (κ3) is 6.17. The fourth-order valence-corrected chi connectivity index (χ4v) is 3.03. The Bertz CT molecular complexity index is 829. The molecule has 2 aliphatic heterocycles. The van der Waals surface area contributed by atoms with Crippen molar-refractivity contribution in [1.29, 1.82) is 0 Å². The molecule has 1 aromatic carbocycles. The molecule has 4 N–H and O–H groups in total. The summed E-state index contributed by atoms with van der Waals surface area (Å²) in [4.78, 5) is 8.21. The van der Waals surface area contributed by atoms with Gasteiger partial charge in [-0.2, -0.15) is 0 Å². The molecular formula is C20H27BrFN5O. The van der Waals surface area contributed by atoms with Crippen molar-refractivity contribution >= 4 is 27.0 Å². The van der Waals surface area contributed by atoms with Crippen molar-refractivity contribution in [2.24, 2.45) is 0 Å². The molecule has 0 saturated carbocycles. The molecule has 0 aliphatic carbocycles. The van der Waals surface area contributed by atoms with Gasteiger partial charge in [0, 0.05) is 43.3 Å². The minimum absolute atomic E-state index is 0.120. The molecule has 152 valence electrons. The molecule has 1 saturated heterocycles. The van der Waals surface area contributed by atoms with E-state index in [4.69, 9.17) is 0 Å². The third-order valence-electron chi connectivity index (χ3n) is 4.08. The summed E-state index contributed by atoms with van der Waals surface area (Å²) in [5, 5.41) is 19.1.